The molecule has 0 spiro atoms. The lowest BCUT2D eigenvalue weighted by Gasteiger charge is -2.21. The van der Waals surface area contributed by atoms with Crippen LogP contribution < -0.4 is 10.6 Å². The molecule has 3 rings (SSSR count). The molecule has 2 aromatic rings. The van der Waals surface area contributed by atoms with Crippen LogP contribution in [0.5, 0.6) is 0 Å². The van der Waals surface area contributed by atoms with Gasteiger partial charge >= 0.3 is 11.8 Å². The van der Waals surface area contributed by atoms with E-state index in [-0.39, 0.29) is 0 Å². The van der Waals surface area contributed by atoms with Crippen molar-refractivity contribution in [2.75, 3.05) is 18.4 Å². The molecule has 1 aromatic carbocycles. The quantitative estimate of drug-likeness (QED) is 0.790. The molecule has 1 aromatic heterocycles. The normalized spacial score (nSPS) is 20.4. The van der Waals surface area contributed by atoms with Gasteiger partial charge in [-0.3, -0.25) is 14.5 Å². The van der Waals surface area contributed by atoms with Gasteiger partial charge in [-0.2, -0.15) is 0 Å². The van der Waals surface area contributed by atoms with Gasteiger partial charge in [0.15, 0.2) is 0 Å². The van der Waals surface area contributed by atoms with Gasteiger partial charge in [-0.1, -0.05) is 34.8 Å². The predicted molar refractivity (Wildman–Crippen MR) is 96.0 cm³/mol. The molecule has 2 N–H and O–H groups in total. The van der Waals surface area contributed by atoms with Crippen LogP contribution in [0.2, 0.25) is 0 Å². The van der Waals surface area contributed by atoms with Crippen molar-refractivity contribution in [1.82, 2.24) is 19.8 Å². The summed E-state index contributed by atoms with van der Waals surface area (Å²) in [5.74, 6) is -0.957. The van der Waals surface area contributed by atoms with Gasteiger partial charge in [-0.05, 0) is 24.8 Å². The lowest BCUT2D eigenvalue weighted by molar-refractivity contribution is -0.136. The molecule has 2 amide bonds. The summed E-state index contributed by atoms with van der Waals surface area (Å²) in [5.41, 5.74) is 1.29. The van der Waals surface area contributed by atoms with Gasteiger partial charge < -0.3 is 10.6 Å². The number of anilines is 1. The second-order valence-corrected chi connectivity index (χ2v) is 7.10. The Hall–Kier alpha value is -2.32. The van der Waals surface area contributed by atoms with Crippen LogP contribution in [0.3, 0.4) is 0 Å². The molecule has 1 aliphatic heterocycles. The zero-order chi connectivity index (χ0) is 17.6. The second-order valence-electron chi connectivity index (χ2n) is 6.31. The Morgan fingerprint density at radius 1 is 1.28 bits per heavy atom. The van der Waals surface area contributed by atoms with Crippen LogP contribution >= 0.6 is 11.5 Å². The molecule has 2 heterocycles. The SMILES string of the molecule is CC1CC(CNC(=O)C(=O)Nc2cnns2)CN1Cc1ccccc1. The largest absolute Gasteiger partial charge is 0.347 e. The maximum absolute atomic E-state index is 11.9. The maximum Gasteiger partial charge on any atom is 0.314 e. The van der Waals surface area contributed by atoms with Crippen molar-refractivity contribution in [3.63, 3.8) is 0 Å². The molecule has 132 valence electrons. The van der Waals surface area contributed by atoms with E-state index in [2.05, 4.69) is 44.2 Å². The standard InChI is InChI=1S/C17H21N5O2S/c1-12-7-14(11-22(12)10-13-5-3-2-4-6-13)8-18-16(23)17(24)20-15-9-19-21-25-15/h2-6,9,12,14H,7-8,10-11H2,1H3,(H,18,23)(H,20,24). The highest BCUT2D eigenvalue weighted by molar-refractivity contribution is 7.10. The number of hydrogen-bond donors (Lipinski definition) is 2. The van der Waals surface area contributed by atoms with E-state index >= 15 is 0 Å². The molecular weight excluding hydrogens is 338 g/mol. The average molecular weight is 359 g/mol. The number of rotatable bonds is 5. The Bertz CT molecular complexity index is 707. The minimum absolute atomic E-state index is 0.348. The molecule has 1 aliphatic rings. The summed E-state index contributed by atoms with van der Waals surface area (Å²) in [6.07, 6.45) is 2.42. The topological polar surface area (TPSA) is 87.2 Å². The van der Waals surface area contributed by atoms with Gasteiger partial charge in [0.2, 0.25) is 0 Å². The molecule has 0 bridgehead atoms. The molecule has 8 heteroatoms. The Balaban J connectivity index is 1.44. The minimum atomic E-state index is -0.682. The molecule has 2 unspecified atom stereocenters. The van der Waals surface area contributed by atoms with E-state index in [9.17, 15) is 9.59 Å². The van der Waals surface area contributed by atoms with Gasteiger partial charge in [0, 0.05) is 37.2 Å². The van der Waals surface area contributed by atoms with E-state index in [1.807, 2.05) is 18.2 Å². The van der Waals surface area contributed by atoms with Crippen molar-refractivity contribution in [1.29, 1.82) is 0 Å². The first-order valence-electron chi connectivity index (χ1n) is 8.26. The highest BCUT2D eigenvalue weighted by atomic mass is 32.1. The third-order valence-electron chi connectivity index (χ3n) is 4.37. The highest BCUT2D eigenvalue weighted by Gasteiger charge is 2.29. The van der Waals surface area contributed by atoms with Crippen LogP contribution in [0.1, 0.15) is 18.9 Å². The first-order chi connectivity index (χ1) is 12.1. The number of likely N-dealkylation sites (tertiary alicyclic amines) is 1. The number of carbonyl (C=O) groups excluding carboxylic acids is 2. The number of aromatic nitrogens is 2. The van der Waals surface area contributed by atoms with Gasteiger partial charge in [-0.15, -0.1) is 5.10 Å². The van der Waals surface area contributed by atoms with Crippen molar-refractivity contribution in [2.45, 2.75) is 25.9 Å². The summed E-state index contributed by atoms with van der Waals surface area (Å²) in [5, 5.41) is 9.28. The fraction of sp³-hybridized carbons (Fsp3) is 0.412. The van der Waals surface area contributed by atoms with Crippen molar-refractivity contribution in [2.24, 2.45) is 5.92 Å². The van der Waals surface area contributed by atoms with Crippen LogP contribution in [-0.2, 0) is 16.1 Å². The molecule has 2 atom stereocenters. The summed E-state index contributed by atoms with van der Waals surface area (Å²) in [4.78, 5) is 26.1. The van der Waals surface area contributed by atoms with Crippen LogP contribution in [0.15, 0.2) is 36.5 Å². The molecule has 0 radical (unpaired) electrons. The van der Waals surface area contributed by atoms with E-state index in [1.165, 1.54) is 11.8 Å². The fourth-order valence-electron chi connectivity index (χ4n) is 3.11. The van der Waals surface area contributed by atoms with Crippen LogP contribution in [0.25, 0.3) is 0 Å². The zero-order valence-corrected chi connectivity index (χ0v) is 14.8. The first-order valence-corrected chi connectivity index (χ1v) is 9.03. The van der Waals surface area contributed by atoms with E-state index in [1.54, 1.807) is 0 Å². The molecule has 1 fully saturated rings. The molecule has 7 nitrogen and oxygen atoms in total. The summed E-state index contributed by atoms with van der Waals surface area (Å²) < 4.78 is 3.63. The summed E-state index contributed by atoms with van der Waals surface area (Å²) in [6, 6.07) is 10.8. The van der Waals surface area contributed by atoms with Gasteiger partial charge in [0.25, 0.3) is 0 Å². The molecule has 25 heavy (non-hydrogen) atoms. The Labute approximate surface area is 150 Å². The molecule has 1 saturated heterocycles. The van der Waals surface area contributed by atoms with Crippen molar-refractivity contribution in [3.05, 3.63) is 42.1 Å². The van der Waals surface area contributed by atoms with E-state index in [0.717, 1.165) is 31.0 Å². The van der Waals surface area contributed by atoms with Crippen molar-refractivity contribution in [3.8, 4) is 0 Å². The van der Waals surface area contributed by atoms with Gasteiger partial charge in [0.05, 0.1) is 6.20 Å². The summed E-state index contributed by atoms with van der Waals surface area (Å²) in [7, 11) is 0. The smallest absolute Gasteiger partial charge is 0.314 e. The zero-order valence-electron chi connectivity index (χ0n) is 14.0. The predicted octanol–water partition coefficient (Wildman–Crippen LogP) is 1.50. The monoisotopic (exact) mass is 359 g/mol. The van der Waals surface area contributed by atoms with Gasteiger partial charge in [-0.25, -0.2) is 0 Å². The Morgan fingerprint density at radius 2 is 2.08 bits per heavy atom. The maximum atomic E-state index is 11.9. The fourth-order valence-corrected chi connectivity index (χ4v) is 3.53. The van der Waals surface area contributed by atoms with E-state index in [0.29, 0.717) is 23.5 Å². The number of benzene rings is 1. The average Bonchev–Trinajstić information content (AvgIpc) is 3.24. The number of carbonyl (C=O) groups is 2. The molecule has 0 saturated carbocycles. The first kappa shape index (κ1) is 17.5. The second kappa shape index (κ2) is 8.17. The van der Waals surface area contributed by atoms with Crippen molar-refractivity contribution < 1.29 is 9.59 Å². The van der Waals surface area contributed by atoms with E-state index in [4.69, 9.17) is 0 Å². The number of nitrogens with one attached hydrogen (secondary N) is 2. The third kappa shape index (κ3) is 4.83. The summed E-state index contributed by atoms with van der Waals surface area (Å²) in [6.45, 7) is 4.53. The van der Waals surface area contributed by atoms with Crippen LogP contribution in [0.4, 0.5) is 5.00 Å². The lowest BCUT2D eigenvalue weighted by atomic mass is 10.1. The van der Waals surface area contributed by atoms with Gasteiger partial charge in [0.1, 0.15) is 5.00 Å². The Morgan fingerprint density at radius 3 is 2.80 bits per heavy atom. The van der Waals surface area contributed by atoms with E-state index < -0.39 is 11.8 Å². The Kier molecular flexibility index (Phi) is 5.72. The minimum Gasteiger partial charge on any atom is -0.347 e. The highest BCUT2D eigenvalue weighted by Crippen LogP contribution is 2.24. The summed E-state index contributed by atoms with van der Waals surface area (Å²) >= 11 is 1.03. The van der Waals surface area contributed by atoms with Crippen molar-refractivity contribution >= 4 is 28.3 Å². The third-order valence-corrected chi connectivity index (χ3v) is 4.95. The molecule has 0 aliphatic carbocycles. The lowest BCUT2D eigenvalue weighted by Crippen LogP contribution is -2.38. The number of hydrogen-bond acceptors (Lipinski definition) is 6. The van der Waals surface area contributed by atoms with Crippen LogP contribution in [0, 0.1) is 5.92 Å². The molecular formula is C17H21N5O2S. The number of nitrogens with zero attached hydrogens (tertiary/aromatic N) is 3. The van der Waals surface area contributed by atoms with Crippen LogP contribution in [-0.4, -0.2) is 45.4 Å². The number of amides is 2.